The predicted octanol–water partition coefficient (Wildman–Crippen LogP) is 2.08. The zero-order chi connectivity index (χ0) is 12.9. The van der Waals surface area contributed by atoms with E-state index in [0.29, 0.717) is 0 Å². The summed E-state index contributed by atoms with van der Waals surface area (Å²) < 4.78 is 42.7. The first-order valence-electron chi connectivity index (χ1n) is 4.93. The van der Waals surface area contributed by atoms with E-state index in [1.165, 1.54) is 13.1 Å². The Hall–Kier alpha value is -1.66. The van der Waals surface area contributed by atoms with Crippen LogP contribution in [0, 0.1) is 0 Å². The lowest BCUT2D eigenvalue weighted by Gasteiger charge is -2.18. The summed E-state index contributed by atoms with van der Waals surface area (Å²) >= 11 is 0. The van der Waals surface area contributed by atoms with Crippen LogP contribution < -0.4 is 0 Å². The van der Waals surface area contributed by atoms with Crippen LogP contribution in [0.4, 0.5) is 13.2 Å². The second-order valence-electron chi connectivity index (χ2n) is 3.23. The molecule has 0 radical (unpaired) electrons. The van der Waals surface area contributed by atoms with Gasteiger partial charge in [-0.2, -0.15) is 13.2 Å². The first-order chi connectivity index (χ1) is 7.95. The van der Waals surface area contributed by atoms with Crippen molar-refractivity contribution in [1.29, 1.82) is 0 Å². The highest BCUT2D eigenvalue weighted by molar-refractivity contribution is 5.70. The van der Waals surface area contributed by atoms with Crippen LogP contribution >= 0.6 is 0 Å². The Labute approximate surface area is 95.8 Å². The van der Waals surface area contributed by atoms with Crippen molar-refractivity contribution in [3.63, 3.8) is 0 Å². The average molecular weight is 248 g/mol. The Balaban J connectivity index is 2.87. The molecule has 0 saturated heterocycles. The van der Waals surface area contributed by atoms with Crippen LogP contribution in [0.2, 0.25) is 0 Å². The van der Waals surface area contributed by atoms with Crippen molar-refractivity contribution in [3.05, 3.63) is 24.3 Å². The van der Waals surface area contributed by atoms with Gasteiger partial charge in [0.25, 0.3) is 0 Å². The van der Waals surface area contributed by atoms with Crippen molar-refractivity contribution in [2.24, 2.45) is 0 Å². The van der Waals surface area contributed by atoms with Crippen LogP contribution in [-0.4, -0.2) is 28.7 Å². The fourth-order valence-corrected chi connectivity index (χ4v) is 1.27. The minimum Gasteiger partial charge on any atom is -0.466 e. The molecule has 1 atom stereocenters. The number of ether oxygens (including phenoxy) is 1. The summed E-state index contributed by atoms with van der Waals surface area (Å²) in [6, 6.07) is 0. The maximum Gasteiger partial charge on any atom is 0.397 e. The Morgan fingerprint density at radius 2 is 2.18 bits per heavy atom. The molecule has 7 heteroatoms. The van der Waals surface area contributed by atoms with E-state index in [4.69, 9.17) is 0 Å². The number of carbonyl (C=O) groups is 1. The quantitative estimate of drug-likeness (QED) is 0.765. The summed E-state index contributed by atoms with van der Waals surface area (Å²) in [6.07, 6.45) is -1.92. The first kappa shape index (κ1) is 13.4. The van der Waals surface area contributed by atoms with Gasteiger partial charge in [-0.05, 0) is 6.92 Å². The number of hydrogen-bond acceptors (Lipinski definition) is 4. The van der Waals surface area contributed by atoms with Gasteiger partial charge in [0.2, 0.25) is 0 Å². The van der Waals surface area contributed by atoms with Crippen molar-refractivity contribution in [3.8, 4) is 0 Å². The van der Waals surface area contributed by atoms with Crippen LogP contribution in [0.1, 0.15) is 25.0 Å². The number of aromatic nitrogens is 2. The summed E-state index contributed by atoms with van der Waals surface area (Å²) in [4.78, 5) is 18.2. The normalized spacial score (nSPS) is 13.2. The van der Waals surface area contributed by atoms with E-state index in [2.05, 4.69) is 14.7 Å². The van der Waals surface area contributed by atoms with Gasteiger partial charge >= 0.3 is 12.1 Å². The van der Waals surface area contributed by atoms with Crippen LogP contribution in [0.25, 0.3) is 0 Å². The zero-order valence-corrected chi connectivity index (χ0v) is 9.07. The first-order valence-corrected chi connectivity index (χ1v) is 4.93. The molecule has 0 spiro atoms. The smallest absolute Gasteiger partial charge is 0.397 e. The molecule has 0 N–H and O–H groups in total. The monoisotopic (exact) mass is 248 g/mol. The van der Waals surface area contributed by atoms with Crippen LogP contribution in [0.5, 0.6) is 0 Å². The van der Waals surface area contributed by atoms with Crippen LogP contribution in [-0.2, 0) is 9.53 Å². The number of esters is 1. The van der Waals surface area contributed by atoms with Crippen molar-refractivity contribution < 1.29 is 22.7 Å². The molecule has 0 aliphatic rings. The van der Waals surface area contributed by atoms with Gasteiger partial charge in [-0.3, -0.25) is 14.8 Å². The van der Waals surface area contributed by atoms with E-state index in [9.17, 15) is 18.0 Å². The molecule has 4 nitrogen and oxygen atoms in total. The van der Waals surface area contributed by atoms with Crippen molar-refractivity contribution in [2.75, 3.05) is 6.61 Å². The topological polar surface area (TPSA) is 52.1 Å². The number of nitrogens with zero attached hydrogens (tertiary/aromatic N) is 2. The van der Waals surface area contributed by atoms with Gasteiger partial charge in [0.15, 0.2) is 0 Å². The minimum atomic E-state index is -4.55. The third kappa shape index (κ3) is 4.01. The summed E-state index contributed by atoms with van der Waals surface area (Å²) in [7, 11) is 0. The molecule has 0 aliphatic carbocycles. The zero-order valence-electron chi connectivity index (χ0n) is 9.07. The van der Waals surface area contributed by atoms with Gasteiger partial charge in [-0.1, -0.05) is 0 Å². The Bertz CT molecular complexity index is 368. The molecule has 0 fully saturated rings. The largest absolute Gasteiger partial charge is 0.466 e. The number of halogens is 3. The molecule has 17 heavy (non-hydrogen) atoms. The number of rotatable bonds is 4. The SMILES string of the molecule is CCOC(=O)CC(c1cnccn1)C(F)(F)F. The molecule has 0 aromatic carbocycles. The second-order valence-corrected chi connectivity index (χ2v) is 3.23. The van der Waals surface area contributed by atoms with Crippen molar-refractivity contribution in [1.82, 2.24) is 9.97 Å². The highest BCUT2D eigenvalue weighted by Gasteiger charge is 2.43. The average Bonchev–Trinajstić information content (AvgIpc) is 2.26. The lowest BCUT2D eigenvalue weighted by Crippen LogP contribution is -2.25. The molecule has 1 aromatic rings. The lowest BCUT2D eigenvalue weighted by atomic mass is 10.0. The maximum absolute atomic E-state index is 12.7. The molecule has 94 valence electrons. The summed E-state index contributed by atoms with van der Waals surface area (Å²) in [6.45, 7) is 1.58. The minimum absolute atomic E-state index is 0.0455. The molecule has 1 unspecified atom stereocenters. The lowest BCUT2D eigenvalue weighted by molar-refractivity contribution is -0.166. The van der Waals surface area contributed by atoms with E-state index >= 15 is 0 Å². The summed E-state index contributed by atoms with van der Waals surface area (Å²) in [5, 5.41) is 0. The van der Waals surface area contributed by atoms with E-state index in [0.717, 1.165) is 12.4 Å². The molecular formula is C10H11F3N2O2. The Morgan fingerprint density at radius 3 is 2.65 bits per heavy atom. The third-order valence-corrected chi connectivity index (χ3v) is 2.01. The van der Waals surface area contributed by atoms with Crippen LogP contribution in [0.3, 0.4) is 0 Å². The molecular weight excluding hydrogens is 237 g/mol. The molecule has 0 aliphatic heterocycles. The molecule has 1 heterocycles. The van der Waals surface area contributed by atoms with E-state index in [1.54, 1.807) is 0 Å². The highest BCUT2D eigenvalue weighted by Crippen LogP contribution is 2.36. The molecule has 0 bridgehead atoms. The van der Waals surface area contributed by atoms with Gasteiger partial charge < -0.3 is 4.74 Å². The van der Waals surface area contributed by atoms with Gasteiger partial charge in [-0.25, -0.2) is 0 Å². The standard InChI is InChI=1S/C10H11F3N2O2/c1-2-17-9(16)5-7(10(11,12)13)8-6-14-3-4-15-8/h3-4,6-7H,2,5H2,1H3. The van der Waals surface area contributed by atoms with Gasteiger partial charge in [-0.15, -0.1) is 0 Å². The van der Waals surface area contributed by atoms with Crippen LogP contribution in [0.15, 0.2) is 18.6 Å². The van der Waals surface area contributed by atoms with E-state index in [-0.39, 0.29) is 12.3 Å². The molecule has 0 amide bonds. The third-order valence-electron chi connectivity index (χ3n) is 2.01. The maximum atomic E-state index is 12.7. The number of hydrogen-bond donors (Lipinski definition) is 0. The number of carbonyl (C=O) groups excluding carboxylic acids is 1. The van der Waals surface area contributed by atoms with Crippen molar-refractivity contribution in [2.45, 2.75) is 25.4 Å². The van der Waals surface area contributed by atoms with Gasteiger partial charge in [0, 0.05) is 18.6 Å². The number of alkyl halides is 3. The second kappa shape index (κ2) is 5.60. The fraction of sp³-hybridized carbons (Fsp3) is 0.500. The fourth-order valence-electron chi connectivity index (χ4n) is 1.27. The van der Waals surface area contributed by atoms with Gasteiger partial charge in [0.05, 0.1) is 18.7 Å². The Morgan fingerprint density at radius 1 is 1.47 bits per heavy atom. The molecule has 0 saturated carbocycles. The van der Waals surface area contributed by atoms with E-state index in [1.807, 2.05) is 0 Å². The molecule has 1 rings (SSSR count). The van der Waals surface area contributed by atoms with Crippen molar-refractivity contribution >= 4 is 5.97 Å². The summed E-state index contributed by atoms with van der Waals surface area (Å²) in [5.41, 5.74) is -0.284. The van der Waals surface area contributed by atoms with E-state index < -0.39 is 24.5 Å². The highest BCUT2D eigenvalue weighted by atomic mass is 19.4. The predicted molar refractivity (Wildman–Crippen MR) is 52.1 cm³/mol. The summed E-state index contributed by atoms with van der Waals surface area (Å²) in [5.74, 6) is -2.88. The molecule has 1 aromatic heterocycles. The van der Waals surface area contributed by atoms with Gasteiger partial charge in [0.1, 0.15) is 5.92 Å². The Kier molecular flexibility index (Phi) is 4.42.